The molecule has 30 heavy (non-hydrogen) atoms. The number of hydrogen-bond acceptors (Lipinski definition) is 3. The van der Waals surface area contributed by atoms with Crippen LogP contribution in [0.4, 0.5) is 0 Å². The van der Waals surface area contributed by atoms with Crippen LogP contribution < -0.4 is 10.6 Å². The molecule has 2 atom stereocenters. The van der Waals surface area contributed by atoms with Gasteiger partial charge >= 0.3 is 0 Å². The smallest absolute Gasteiger partial charge is 0.205 e. The summed E-state index contributed by atoms with van der Waals surface area (Å²) < 4.78 is 6.14. The molecule has 0 saturated heterocycles. The fraction of sp³-hybridized carbons (Fsp3) is 0.269. The third kappa shape index (κ3) is 3.53. The topological polar surface area (TPSA) is 63.5 Å². The number of nitrogens with two attached hydrogens (primary N) is 1. The third-order valence-electron chi connectivity index (χ3n) is 6.21. The summed E-state index contributed by atoms with van der Waals surface area (Å²) in [5.41, 5.74) is 13.9. The number of nitriles is 1. The normalized spacial score (nSPS) is 20.9. The summed E-state index contributed by atoms with van der Waals surface area (Å²) in [6.45, 7) is 8.19. The standard InChI is InChI=1S/C26H27N3O/c1-4-29-15-20(13-19-11-7-5-9-17(19)2)25-23(16-29)24(22(14-27)26(28)30-25)21-12-8-6-10-18(21)3/h5-12,15,24H,4,13,16,28H2,1-3H3/p+1/t24-/m1/s1. The summed E-state index contributed by atoms with van der Waals surface area (Å²) >= 11 is 0. The van der Waals surface area contributed by atoms with Crippen LogP contribution in [0.1, 0.15) is 35.1 Å². The van der Waals surface area contributed by atoms with Gasteiger partial charge in [0, 0.05) is 12.0 Å². The molecule has 2 aromatic carbocycles. The minimum Gasteiger partial charge on any atom is -0.440 e. The summed E-state index contributed by atoms with van der Waals surface area (Å²) in [6, 6.07) is 19.0. The summed E-state index contributed by atoms with van der Waals surface area (Å²) in [5, 5.41) is 9.92. The Hall–Kier alpha value is -3.29. The maximum absolute atomic E-state index is 9.92. The number of quaternary nitrogens is 1. The maximum atomic E-state index is 9.92. The van der Waals surface area contributed by atoms with Crippen molar-refractivity contribution in [1.29, 1.82) is 5.26 Å². The van der Waals surface area contributed by atoms with Gasteiger partial charge in [0.2, 0.25) is 5.88 Å². The number of ether oxygens (including phenoxy) is 1. The highest BCUT2D eigenvalue weighted by atomic mass is 16.5. The van der Waals surface area contributed by atoms with Gasteiger partial charge in [-0.2, -0.15) is 5.26 Å². The highest BCUT2D eigenvalue weighted by Crippen LogP contribution is 2.42. The minimum absolute atomic E-state index is 0.165. The van der Waals surface area contributed by atoms with Gasteiger partial charge in [-0.15, -0.1) is 0 Å². The molecule has 2 heterocycles. The Kier molecular flexibility index (Phi) is 5.48. The van der Waals surface area contributed by atoms with E-state index in [2.05, 4.69) is 69.4 Å². The van der Waals surface area contributed by atoms with Gasteiger partial charge in [0.15, 0.2) is 0 Å². The second-order valence-corrected chi connectivity index (χ2v) is 8.10. The van der Waals surface area contributed by atoms with E-state index in [9.17, 15) is 5.26 Å². The first-order valence-electron chi connectivity index (χ1n) is 10.5. The Balaban J connectivity index is 1.85. The van der Waals surface area contributed by atoms with Crippen LogP contribution in [0, 0.1) is 25.2 Å². The van der Waals surface area contributed by atoms with E-state index in [1.807, 2.05) is 12.1 Å². The lowest BCUT2D eigenvalue weighted by molar-refractivity contribution is -0.841. The fourth-order valence-electron chi connectivity index (χ4n) is 4.49. The number of aryl methyl sites for hydroxylation is 2. The molecule has 0 aromatic heterocycles. The first-order chi connectivity index (χ1) is 14.5. The van der Waals surface area contributed by atoms with Crippen LogP contribution in [0.15, 0.2) is 83.1 Å². The summed E-state index contributed by atoms with van der Waals surface area (Å²) in [4.78, 5) is 1.36. The van der Waals surface area contributed by atoms with Crippen LogP contribution in [0.5, 0.6) is 0 Å². The van der Waals surface area contributed by atoms with Crippen molar-refractivity contribution in [1.82, 2.24) is 0 Å². The number of allylic oxidation sites excluding steroid dienone is 2. The Labute approximate surface area is 178 Å². The molecule has 4 nitrogen and oxygen atoms in total. The molecule has 0 amide bonds. The second-order valence-electron chi connectivity index (χ2n) is 8.10. The summed E-state index contributed by atoms with van der Waals surface area (Å²) in [6.07, 6.45) is 3.05. The highest BCUT2D eigenvalue weighted by molar-refractivity contribution is 5.55. The second kappa shape index (κ2) is 8.22. The Morgan fingerprint density at radius 1 is 1.10 bits per heavy atom. The number of benzene rings is 2. The van der Waals surface area contributed by atoms with E-state index >= 15 is 0 Å². The number of nitrogens with one attached hydrogen (secondary N) is 1. The zero-order valence-electron chi connectivity index (χ0n) is 17.8. The average Bonchev–Trinajstić information content (AvgIpc) is 2.75. The van der Waals surface area contributed by atoms with E-state index in [0.717, 1.165) is 47.5 Å². The van der Waals surface area contributed by atoms with Crippen molar-refractivity contribution in [2.75, 3.05) is 13.1 Å². The zero-order valence-corrected chi connectivity index (χ0v) is 17.8. The molecule has 2 aliphatic heterocycles. The van der Waals surface area contributed by atoms with Gasteiger partial charge in [-0.1, -0.05) is 48.5 Å². The van der Waals surface area contributed by atoms with Gasteiger partial charge in [-0.3, -0.25) is 0 Å². The lowest BCUT2D eigenvalue weighted by Gasteiger charge is -2.34. The van der Waals surface area contributed by atoms with Crippen LogP contribution in [0.2, 0.25) is 0 Å². The Morgan fingerprint density at radius 2 is 1.80 bits per heavy atom. The number of nitrogens with zero attached hydrogens (tertiary/aromatic N) is 1. The monoisotopic (exact) mass is 398 g/mol. The van der Waals surface area contributed by atoms with E-state index in [4.69, 9.17) is 10.5 Å². The number of likely N-dealkylation sites (N-methyl/N-ethyl adjacent to an activating group) is 1. The van der Waals surface area contributed by atoms with Gasteiger partial charge in [0.05, 0.1) is 18.0 Å². The van der Waals surface area contributed by atoms with Crippen molar-refractivity contribution in [2.45, 2.75) is 33.1 Å². The molecule has 2 aromatic rings. The largest absolute Gasteiger partial charge is 0.440 e. The van der Waals surface area contributed by atoms with Crippen molar-refractivity contribution in [3.05, 3.63) is 105 Å². The molecule has 3 N–H and O–H groups in total. The molecule has 0 spiro atoms. The number of rotatable bonds is 4. The van der Waals surface area contributed by atoms with E-state index in [1.165, 1.54) is 16.0 Å². The minimum atomic E-state index is -0.165. The molecule has 0 radical (unpaired) electrons. The van der Waals surface area contributed by atoms with Crippen molar-refractivity contribution in [3.8, 4) is 6.07 Å². The summed E-state index contributed by atoms with van der Waals surface area (Å²) in [7, 11) is 0. The van der Waals surface area contributed by atoms with Crippen LogP contribution in [0.25, 0.3) is 0 Å². The molecule has 0 aliphatic carbocycles. The fourth-order valence-corrected chi connectivity index (χ4v) is 4.49. The lowest BCUT2D eigenvalue weighted by atomic mass is 9.78. The van der Waals surface area contributed by atoms with Gasteiger partial charge in [0.25, 0.3) is 0 Å². The molecule has 4 heteroatoms. The van der Waals surface area contributed by atoms with Crippen LogP contribution in [-0.4, -0.2) is 13.1 Å². The third-order valence-corrected chi connectivity index (χ3v) is 6.21. The van der Waals surface area contributed by atoms with Gasteiger partial charge in [-0.05, 0) is 43.0 Å². The number of hydrogen-bond donors (Lipinski definition) is 2. The van der Waals surface area contributed by atoms with Crippen molar-refractivity contribution in [3.63, 3.8) is 0 Å². The van der Waals surface area contributed by atoms with Crippen molar-refractivity contribution >= 4 is 0 Å². The molecule has 2 aliphatic rings. The van der Waals surface area contributed by atoms with Crippen LogP contribution >= 0.6 is 0 Å². The van der Waals surface area contributed by atoms with Gasteiger partial charge in [-0.25, -0.2) is 0 Å². The van der Waals surface area contributed by atoms with E-state index < -0.39 is 0 Å². The Morgan fingerprint density at radius 3 is 2.47 bits per heavy atom. The van der Waals surface area contributed by atoms with Crippen molar-refractivity contribution < 1.29 is 9.64 Å². The van der Waals surface area contributed by atoms with Crippen LogP contribution in [-0.2, 0) is 11.2 Å². The SMILES string of the molecule is CC[NH+]1C=C(Cc2ccccc2C)C2=C(C1)[C@H](c1ccccc1C)C(C#N)=C(N)O2. The van der Waals surface area contributed by atoms with Crippen molar-refractivity contribution in [2.24, 2.45) is 5.73 Å². The molecule has 1 unspecified atom stereocenters. The lowest BCUT2D eigenvalue weighted by Crippen LogP contribution is -3.08. The molecule has 4 rings (SSSR count). The van der Waals surface area contributed by atoms with Gasteiger partial charge < -0.3 is 15.4 Å². The highest BCUT2D eigenvalue weighted by Gasteiger charge is 2.39. The first-order valence-corrected chi connectivity index (χ1v) is 10.5. The molecular formula is C26H28N3O+. The predicted octanol–water partition coefficient (Wildman–Crippen LogP) is 3.41. The zero-order chi connectivity index (χ0) is 21.3. The van der Waals surface area contributed by atoms with E-state index in [-0.39, 0.29) is 11.8 Å². The van der Waals surface area contributed by atoms with Crippen LogP contribution in [0.3, 0.4) is 0 Å². The maximum Gasteiger partial charge on any atom is 0.205 e. The van der Waals surface area contributed by atoms with E-state index in [0.29, 0.717) is 5.57 Å². The first kappa shape index (κ1) is 20.0. The average molecular weight is 399 g/mol. The van der Waals surface area contributed by atoms with Gasteiger partial charge in [0.1, 0.15) is 30.1 Å². The Bertz CT molecular complexity index is 1120. The summed E-state index contributed by atoms with van der Waals surface area (Å²) in [5.74, 6) is 0.905. The molecule has 0 saturated carbocycles. The molecule has 152 valence electrons. The molecule has 0 fully saturated rings. The molecule has 0 bridgehead atoms. The predicted molar refractivity (Wildman–Crippen MR) is 118 cm³/mol. The molecular weight excluding hydrogens is 370 g/mol. The van der Waals surface area contributed by atoms with E-state index in [1.54, 1.807) is 0 Å². The quantitative estimate of drug-likeness (QED) is 0.830.